The van der Waals surface area contributed by atoms with Crippen molar-refractivity contribution >= 4 is 11.8 Å². The van der Waals surface area contributed by atoms with Crippen LogP contribution < -0.4 is 5.32 Å². The van der Waals surface area contributed by atoms with Crippen LogP contribution in [0.15, 0.2) is 30.3 Å². The van der Waals surface area contributed by atoms with Gasteiger partial charge in [0.2, 0.25) is 0 Å². The van der Waals surface area contributed by atoms with Crippen LogP contribution in [-0.4, -0.2) is 59.9 Å². The summed E-state index contributed by atoms with van der Waals surface area (Å²) < 4.78 is 0. The Labute approximate surface area is 157 Å². The fraction of sp³-hybridized carbons (Fsp3) is 0.619. The van der Waals surface area contributed by atoms with Crippen molar-refractivity contribution in [3.05, 3.63) is 35.9 Å². The Balaban J connectivity index is 1.81. The Kier molecular flexibility index (Phi) is 7.21. The lowest BCUT2D eigenvalue weighted by Crippen LogP contribution is -2.54. The second-order valence-electron chi connectivity index (χ2n) is 8.31. The zero-order valence-corrected chi connectivity index (χ0v) is 16.6. The van der Waals surface area contributed by atoms with Gasteiger partial charge in [0.1, 0.15) is 0 Å². The van der Waals surface area contributed by atoms with E-state index >= 15 is 0 Å². The van der Waals surface area contributed by atoms with Gasteiger partial charge >= 0.3 is 11.8 Å². The number of nitrogens with zero attached hydrogens (tertiary/aromatic N) is 2. The van der Waals surface area contributed by atoms with Crippen molar-refractivity contribution in [1.82, 2.24) is 15.1 Å². The first-order chi connectivity index (χ1) is 12.3. The smallest absolute Gasteiger partial charge is 0.311 e. The van der Waals surface area contributed by atoms with Gasteiger partial charge in [-0.1, -0.05) is 30.3 Å². The number of likely N-dealkylation sites (N-methyl/N-ethyl adjacent to an activating group) is 1. The highest BCUT2D eigenvalue weighted by atomic mass is 16.2. The SMILES string of the molecule is CN(C(=O)C(=O)NC(C)(C)C)[C@H]1CCCN(CCCc2ccccc2)C1. The molecule has 2 amide bonds. The third-order valence-electron chi connectivity index (χ3n) is 4.81. The monoisotopic (exact) mass is 359 g/mol. The minimum absolute atomic E-state index is 0.110. The van der Waals surface area contributed by atoms with Crippen molar-refractivity contribution in [1.29, 1.82) is 0 Å². The normalized spacial score (nSPS) is 18.4. The molecule has 1 aromatic carbocycles. The maximum atomic E-state index is 12.4. The lowest BCUT2D eigenvalue weighted by molar-refractivity contribution is -0.147. The van der Waals surface area contributed by atoms with Crippen LogP contribution in [0.1, 0.15) is 45.6 Å². The molecule has 1 aromatic rings. The van der Waals surface area contributed by atoms with Gasteiger partial charge in [-0.3, -0.25) is 9.59 Å². The predicted molar refractivity (Wildman–Crippen MR) is 105 cm³/mol. The van der Waals surface area contributed by atoms with Crippen LogP contribution in [0.3, 0.4) is 0 Å². The van der Waals surface area contributed by atoms with Crippen LogP contribution in [0.2, 0.25) is 0 Å². The minimum Gasteiger partial charge on any atom is -0.343 e. The molecule has 0 unspecified atom stereocenters. The van der Waals surface area contributed by atoms with Crippen LogP contribution in [0, 0.1) is 0 Å². The van der Waals surface area contributed by atoms with Crippen molar-refractivity contribution < 1.29 is 9.59 Å². The number of likely N-dealkylation sites (tertiary alicyclic amines) is 1. The summed E-state index contributed by atoms with van der Waals surface area (Å²) in [6, 6.07) is 10.6. The van der Waals surface area contributed by atoms with E-state index < -0.39 is 17.4 Å². The Bertz CT molecular complexity index is 595. The zero-order valence-electron chi connectivity index (χ0n) is 16.6. The summed E-state index contributed by atoms with van der Waals surface area (Å²) in [4.78, 5) is 28.6. The highest BCUT2D eigenvalue weighted by molar-refractivity contribution is 6.35. The molecule has 144 valence electrons. The van der Waals surface area contributed by atoms with Crippen molar-refractivity contribution in [2.24, 2.45) is 0 Å². The number of hydrogen-bond acceptors (Lipinski definition) is 3. The van der Waals surface area contributed by atoms with E-state index in [0.29, 0.717) is 0 Å². The Morgan fingerprint density at radius 2 is 1.92 bits per heavy atom. The molecule has 0 spiro atoms. The number of benzene rings is 1. The highest BCUT2D eigenvalue weighted by Crippen LogP contribution is 2.16. The minimum atomic E-state index is -0.513. The van der Waals surface area contributed by atoms with E-state index in [0.717, 1.165) is 45.3 Å². The molecule has 0 saturated carbocycles. The van der Waals surface area contributed by atoms with Gasteiger partial charge in [-0.05, 0) is 65.1 Å². The molecule has 1 aliphatic heterocycles. The molecule has 1 aliphatic rings. The van der Waals surface area contributed by atoms with Gasteiger partial charge in [0.25, 0.3) is 0 Å². The summed E-state index contributed by atoms with van der Waals surface area (Å²) >= 11 is 0. The van der Waals surface area contributed by atoms with E-state index in [9.17, 15) is 9.59 Å². The largest absolute Gasteiger partial charge is 0.343 e. The number of nitrogens with one attached hydrogen (secondary N) is 1. The predicted octanol–water partition coefficient (Wildman–Crippen LogP) is 2.46. The van der Waals surface area contributed by atoms with Crippen LogP contribution in [-0.2, 0) is 16.0 Å². The second kappa shape index (κ2) is 9.17. The van der Waals surface area contributed by atoms with Gasteiger partial charge in [0, 0.05) is 25.2 Å². The van der Waals surface area contributed by atoms with E-state index in [4.69, 9.17) is 0 Å². The first kappa shape index (κ1) is 20.4. The molecule has 0 aliphatic carbocycles. The molecular weight excluding hydrogens is 326 g/mol. The molecule has 1 saturated heterocycles. The van der Waals surface area contributed by atoms with Crippen molar-refractivity contribution in [3.8, 4) is 0 Å². The van der Waals surface area contributed by atoms with E-state index in [2.05, 4.69) is 34.5 Å². The van der Waals surface area contributed by atoms with Gasteiger partial charge in [0.05, 0.1) is 0 Å². The van der Waals surface area contributed by atoms with Crippen molar-refractivity contribution in [2.75, 3.05) is 26.7 Å². The molecule has 5 heteroatoms. The average molecular weight is 360 g/mol. The molecule has 0 bridgehead atoms. The summed E-state index contributed by atoms with van der Waals surface area (Å²) in [6.45, 7) is 8.59. The summed E-state index contributed by atoms with van der Waals surface area (Å²) in [5, 5.41) is 2.76. The second-order valence-corrected chi connectivity index (χ2v) is 8.31. The molecule has 2 rings (SSSR count). The summed E-state index contributed by atoms with van der Waals surface area (Å²) in [5.74, 6) is -0.947. The Morgan fingerprint density at radius 1 is 1.23 bits per heavy atom. The number of aryl methyl sites for hydroxylation is 1. The number of hydrogen-bond donors (Lipinski definition) is 1. The standard InChI is InChI=1S/C21H33N3O2/c1-21(2,3)22-19(25)20(26)23(4)18-13-9-15-24(16-18)14-8-12-17-10-6-5-7-11-17/h5-7,10-11,18H,8-9,12-16H2,1-4H3,(H,22,25)/t18-/m0/s1. The van der Waals surface area contributed by atoms with Gasteiger partial charge < -0.3 is 15.1 Å². The summed E-state index contributed by atoms with van der Waals surface area (Å²) in [6.07, 6.45) is 4.21. The Hall–Kier alpha value is -1.88. The quantitative estimate of drug-likeness (QED) is 0.822. The summed E-state index contributed by atoms with van der Waals surface area (Å²) in [7, 11) is 1.75. The fourth-order valence-electron chi connectivity index (χ4n) is 3.42. The van der Waals surface area contributed by atoms with Gasteiger partial charge in [-0.25, -0.2) is 0 Å². The molecule has 5 nitrogen and oxygen atoms in total. The molecule has 1 N–H and O–H groups in total. The summed E-state index contributed by atoms with van der Waals surface area (Å²) in [5.41, 5.74) is 0.969. The van der Waals surface area contributed by atoms with Crippen molar-refractivity contribution in [2.45, 2.75) is 58.0 Å². The van der Waals surface area contributed by atoms with Gasteiger partial charge in [-0.2, -0.15) is 0 Å². The average Bonchev–Trinajstić information content (AvgIpc) is 2.60. The zero-order chi connectivity index (χ0) is 19.2. The van der Waals surface area contributed by atoms with Gasteiger partial charge in [-0.15, -0.1) is 0 Å². The molecular formula is C21H33N3O2. The molecule has 0 radical (unpaired) electrons. The molecule has 1 heterocycles. The van der Waals surface area contributed by atoms with Crippen LogP contribution in [0.25, 0.3) is 0 Å². The number of rotatable bonds is 5. The maximum absolute atomic E-state index is 12.4. The number of carbonyl (C=O) groups excluding carboxylic acids is 2. The molecule has 0 aromatic heterocycles. The maximum Gasteiger partial charge on any atom is 0.311 e. The van der Waals surface area contributed by atoms with Gasteiger partial charge in [0.15, 0.2) is 0 Å². The lowest BCUT2D eigenvalue weighted by atomic mass is 10.0. The third-order valence-corrected chi connectivity index (χ3v) is 4.81. The lowest BCUT2D eigenvalue weighted by Gasteiger charge is -2.37. The number of piperidine rings is 1. The third kappa shape index (κ3) is 6.45. The topological polar surface area (TPSA) is 52.7 Å². The molecule has 1 atom stereocenters. The molecule has 1 fully saturated rings. The first-order valence-corrected chi connectivity index (χ1v) is 9.62. The molecule has 26 heavy (non-hydrogen) atoms. The number of amides is 2. The van der Waals surface area contributed by atoms with E-state index in [1.165, 1.54) is 5.56 Å². The van der Waals surface area contributed by atoms with E-state index in [1.54, 1.807) is 11.9 Å². The van der Waals surface area contributed by atoms with Crippen LogP contribution in [0.5, 0.6) is 0 Å². The first-order valence-electron chi connectivity index (χ1n) is 9.62. The van der Waals surface area contributed by atoms with E-state index in [-0.39, 0.29) is 6.04 Å². The van der Waals surface area contributed by atoms with Crippen molar-refractivity contribution in [3.63, 3.8) is 0 Å². The van der Waals surface area contributed by atoms with Crippen LogP contribution in [0.4, 0.5) is 0 Å². The van der Waals surface area contributed by atoms with E-state index in [1.807, 2.05) is 26.8 Å². The fourth-order valence-corrected chi connectivity index (χ4v) is 3.42. The number of carbonyl (C=O) groups is 2. The highest BCUT2D eigenvalue weighted by Gasteiger charge is 2.30. The Morgan fingerprint density at radius 3 is 2.58 bits per heavy atom. The van der Waals surface area contributed by atoms with Crippen LogP contribution >= 0.6 is 0 Å².